The van der Waals surface area contributed by atoms with Gasteiger partial charge in [0.1, 0.15) is 0 Å². The number of amides is 2. The number of aromatic nitrogens is 1. The molecule has 3 heterocycles. The van der Waals surface area contributed by atoms with Crippen LogP contribution in [0.25, 0.3) is 10.9 Å². The highest BCUT2D eigenvalue weighted by Crippen LogP contribution is 2.30. The van der Waals surface area contributed by atoms with Crippen LogP contribution in [0.5, 0.6) is 11.5 Å². The number of para-hydroxylation sites is 1. The summed E-state index contributed by atoms with van der Waals surface area (Å²) in [6, 6.07) is 13.5. The van der Waals surface area contributed by atoms with Gasteiger partial charge in [0.2, 0.25) is 5.91 Å². The lowest BCUT2D eigenvalue weighted by Crippen LogP contribution is -2.51. The molecule has 0 spiro atoms. The van der Waals surface area contributed by atoms with E-state index in [9.17, 15) is 9.59 Å². The van der Waals surface area contributed by atoms with Gasteiger partial charge < -0.3 is 24.3 Å². The number of nitrogens with zero attached hydrogens (tertiary/aromatic N) is 2. The molecular formula is C24H25N3O4. The van der Waals surface area contributed by atoms with Gasteiger partial charge in [-0.25, -0.2) is 0 Å². The molecule has 1 saturated heterocycles. The number of nitrogens with one attached hydrogen (secondary N) is 1. The van der Waals surface area contributed by atoms with Gasteiger partial charge in [-0.3, -0.25) is 9.59 Å². The third kappa shape index (κ3) is 3.95. The summed E-state index contributed by atoms with van der Waals surface area (Å²) in [6.07, 6.45) is 2.94. The van der Waals surface area contributed by atoms with Crippen molar-refractivity contribution in [1.29, 1.82) is 0 Å². The molecule has 31 heavy (non-hydrogen) atoms. The Morgan fingerprint density at radius 1 is 0.903 bits per heavy atom. The molecule has 2 aromatic carbocycles. The number of hydrogen-bond acceptors (Lipinski definition) is 4. The molecule has 0 aliphatic carbocycles. The van der Waals surface area contributed by atoms with Gasteiger partial charge in [0.05, 0.1) is 25.2 Å². The van der Waals surface area contributed by atoms with E-state index in [-0.39, 0.29) is 11.8 Å². The van der Waals surface area contributed by atoms with Crippen LogP contribution >= 0.6 is 0 Å². The van der Waals surface area contributed by atoms with Crippen molar-refractivity contribution in [2.75, 3.05) is 39.4 Å². The van der Waals surface area contributed by atoms with Crippen molar-refractivity contribution in [3.05, 3.63) is 59.8 Å². The lowest BCUT2D eigenvalue weighted by molar-refractivity contribution is -0.131. The predicted octanol–water partition coefficient (Wildman–Crippen LogP) is 2.86. The van der Waals surface area contributed by atoms with Crippen molar-refractivity contribution >= 4 is 22.7 Å². The molecule has 0 atom stereocenters. The van der Waals surface area contributed by atoms with Crippen LogP contribution in [-0.2, 0) is 11.2 Å². The van der Waals surface area contributed by atoms with E-state index in [4.69, 9.17) is 9.47 Å². The normalized spacial score (nSPS) is 16.3. The molecule has 1 aromatic heterocycles. The van der Waals surface area contributed by atoms with Gasteiger partial charge in [0.25, 0.3) is 5.91 Å². The predicted molar refractivity (Wildman–Crippen MR) is 117 cm³/mol. The van der Waals surface area contributed by atoms with Crippen LogP contribution < -0.4 is 9.47 Å². The summed E-state index contributed by atoms with van der Waals surface area (Å²) in [5.41, 5.74) is 2.55. The summed E-state index contributed by atoms with van der Waals surface area (Å²) >= 11 is 0. The van der Waals surface area contributed by atoms with E-state index in [2.05, 4.69) is 4.98 Å². The molecule has 0 unspecified atom stereocenters. The number of ether oxygens (including phenoxy) is 2. The van der Waals surface area contributed by atoms with Crippen molar-refractivity contribution < 1.29 is 19.1 Å². The van der Waals surface area contributed by atoms with Crippen molar-refractivity contribution in [3.8, 4) is 11.5 Å². The third-order valence-corrected chi connectivity index (χ3v) is 5.91. The minimum Gasteiger partial charge on any atom is -0.490 e. The first-order valence-corrected chi connectivity index (χ1v) is 10.7. The van der Waals surface area contributed by atoms with Crippen LogP contribution in [0.15, 0.2) is 48.7 Å². The van der Waals surface area contributed by atoms with Gasteiger partial charge >= 0.3 is 0 Å². The lowest BCUT2D eigenvalue weighted by Gasteiger charge is -2.34. The Morgan fingerprint density at radius 3 is 2.48 bits per heavy atom. The largest absolute Gasteiger partial charge is 0.490 e. The summed E-state index contributed by atoms with van der Waals surface area (Å²) in [7, 11) is 0. The fourth-order valence-corrected chi connectivity index (χ4v) is 4.18. The number of carbonyl (C=O) groups excluding carboxylic acids is 2. The van der Waals surface area contributed by atoms with Crippen molar-refractivity contribution in [2.45, 2.75) is 12.8 Å². The summed E-state index contributed by atoms with van der Waals surface area (Å²) in [4.78, 5) is 32.6. The molecule has 2 aliphatic rings. The first-order chi connectivity index (χ1) is 15.2. The highest BCUT2D eigenvalue weighted by Gasteiger charge is 2.26. The van der Waals surface area contributed by atoms with Crippen LogP contribution in [-0.4, -0.2) is 66.0 Å². The molecule has 2 aliphatic heterocycles. The number of hydrogen-bond donors (Lipinski definition) is 1. The molecule has 7 nitrogen and oxygen atoms in total. The van der Waals surface area contributed by atoms with Crippen LogP contribution in [0.4, 0.5) is 0 Å². The second kappa shape index (κ2) is 8.34. The fourth-order valence-electron chi connectivity index (χ4n) is 4.18. The molecule has 3 aromatic rings. The molecule has 1 fully saturated rings. The van der Waals surface area contributed by atoms with Gasteiger partial charge in [0, 0.05) is 49.7 Å². The molecule has 0 saturated carbocycles. The average molecular weight is 419 g/mol. The van der Waals surface area contributed by atoms with Crippen LogP contribution in [0.3, 0.4) is 0 Å². The molecular weight excluding hydrogens is 394 g/mol. The van der Waals surface area contributed by atoms with E-state index < -0.39 is 0 Å². The minimum atomic E-state index is 0.00690. The summed E-state index contributed by atoms with van der Waals surface area (Å²) in [6.45, 7) is 3.41. The van der Waals surface area contributed by atoms with Gasteiger partial charge in [-0.2, -0.15) is 0 Å². The quantitative estimate of drug-likeness (QED) is 0.709. The monoisotopic (exact) mass is 419 g/mol. The van der Waals surface area contributed by atoms with Crippen LogP contribution in [0, 0.1) is 0 Å². The molecule has 160 valence electrons. The van der Waals surface area contributed by atoms with Crippen molar-refractivity contribution in [1.82, 2.24) is 14.8 Å². The third-order valence-electron chi connectivity index (χ3n) is 5.91. The van der Waals surface area contributed by atoms with E-state index in [0.717, 1.165) is 28.6 Å². The summed E-state index contributed by atoms with van der Waals surface area (Å²) < 4.78 is 11.4. The highest BCUT2D eigenvalue weighted by molar-refractivity contribution is 6.06. The Bertz CT molecular complexity index is 1110. The number of rotatable bonds is 3. The van der Waals surface area contributed by atoms with E-state index in [1.165, 1.54) is 0 Å². The van der Waals surface area contributed by atoms with E-state index in [1.807, 2.05) is 52.3 Å². The standard InChI is InChI=1S/C24H25N3O4/c28-23(15-17-6-7-21-22(14-17)31-13-3-12-30-21)26-8-10-27(11-9-26)24(29)19-16-25-20-5-2-1-4-18(19)20/h1-2,4-7,14,16,25H,3,8-13,15H2. The zero-order valence-electron chi connectivity index (χ0n) is 17.3. The Kier molecular flexibility index (Phi) is 5.24. The number of aromatic amines is 1. The van der Waals surface area contributed by atoms with Crippen LogP contribution in [0.2, 0.25) is 0 Å². The number of fused-ring (bicyclic) bond motifs is 2. The van der Waals surface area contributed by atoms with E-state index in [1.54, 1.807) is 6.20 Å². The fraction of sp³-hybridized carbons (Fsp3) is 0.333. The second-order valence-electron chi connectivity index (χ2n) is 7.93. The van der Waals surface area contributed by atoms with Gasteiger partial charge in [0.15, 0.2) is 11.5 Å². The average Bonchev–Trinajstić information content (AvgIpc) is 3.10. The molecule has 7 heteroatoms. The maximum atomic E-state index is 13.0. The zero-order chi connectivity index (χ0) is 21.2. The molecule has 1 N–H and O–H groups in total. The van der Waals surface area contributed by atoms with Crippen molar-refractivity contribution in [3.63, 3.8) is 0 Å². The van der Waals surface area contributed by atoms with Gasteiger partial charge in [-0.1, -0.05) is 24.3 Å². The van der Waals surface area contributed by atoms with E-state index in [0.29, 0.717) is 57.1 Å². The SMILES string of the molecule is O=C(Cc1ccc2c(c1)OCCCO2)N1CCN(C(=O)c2c[nH]c3ccccc23)CC1. The van der Waals surface area contributed by atoms with Gasteiger partial charge in [-0.15, -0.1) is 0 Å². The number of H-pyrrole nitrogens is 1. The Hall–Kier alpha value is -3.48. The first-order valence-electron chi connectivity index (χ1n) is 10.7. The second-order valence-corrected chi connectivity index (χ2v) is 7.93. The summed E-state index contributed by atoms with van der Waals surface area (Å²) in [5.74, 6) is 1.51. The smallest absolute Gasteiger partial charge is 0.256 e. The highest BCUT2D eigenvalue weighted by atomic mass is 16.5. The maximum absolute atomic E-state index is 13.0. The minimum absolute atomic E-state index is 0.00690. The van der Waals surface area contributed by atoms with Gasteiger partial charge in [-0.05, 0) is 23.8 Å². The summed E-state index contributed by atoms with van der Waals surface area (Å²) in [5, 5.41) is 0.931. The Balaban J connectivity index is 1.20. The zero-order valence-corrected chi connectivity index (χ0v) is 17.3. The Labute approximate surface area is 180 Å². The first kappa shape index (κ1) is 19.5. The molecule has 0 bridgehead atoms. The number of benzene rings is 2. The molecule has 5 rings (SSSR count). The Morgan fingerprint density at radius 2 is 1.65 bits per heavy atom. The molecule has 0 radical (unpaired) electrons. The maximum Gasteiger partial charge on any atom is 0.256 e. The lowest BCUT2D eigenvalue weighted by atomic mass is 10.1. The number of carbonyl (C=O) groups is 2. The molecule has 2 amide bonds. The van der Waals surface area contributed by atoms with E-state index >= 15 is 0 Å². The van der Waals surface area contributed by atoms with Crippen LogP contribution in [0.1, 0.15) is 22.3 Å². The van der Waals surface area contributed by atoms with Crippen molar-refractivity contribution in [2.24, 2.45) is 0 Å². The number of piperazine rings is 1. The topological polar surface area (TPSA) is 74.9 Å².